The van der Waals surface area contributed by atoms with Crippen LogP contribution in [0.5, 0.6) is 0 Å². The zero-order valence-electron chi connectivity index (χ0n) is 22.1. The number of rotatable bonds is 9. The molecule has 0 saturated heterocycles. The fourth-order valence-corrected chi connectivity index (χ4v) is 6.02. The Kier molecular flexibility index (Phi) is 8.28. The first-order chi connectivity index (χ1) is 17.4. The predicted octanol–water partition coefficient (Wildman–Crippen LogP) is 6.23. The van der Waals surface area contributed by atoms with Gasteiger partial charge >= 0.3 is 0 Å². The van der Waals surface area contributed by atoms with Gasteiger partial charge in [0.15, 0.2) is 0 Å². The lowest BCUT2D eigenvalue weighted by molar-refractivity contribution is -0.117. The van der Waals surface area contributed by atoms with E-state index in [0.717, 1.165) is 24.8 Å². The van der Waals surface area contributed by atoms with Crippen molar-refractivity contribution in [2.75, 3.05) is 13.7 Å². The Hall–Kier alpha value is -2.95. The Morgan fingerprint density at radius 3 is 2.44 bits per heavy atom. The highest BCUT2D eigenvalue weighted by Crippen LogP contribution is 2.52. The molecular weight excluding hydrogens is 442 g/mol. The van der Waals surface area contributed by atoms with Crippen molar-refractivity contribution in [2.24, 2.45) is 11.1 Å². The number of hydrogen-bond donors (Lipinski definition) is 3. The van der Waals surface area contributed by atoms with E-state index < -0.39 is 0 Å². The van der Waals surface area contributed by atoms with Crippen LogP contribution in [-0.2, 0) is 17.6 Å². The average molecular weight is 484 g/mol. The molecule has 2 aromatic rings. The van der Waals surface area contributed by atoms with Gasteiger partial charge in [0, 0.05) is 11.6 Å². The Morgan fingerprint density at radius 2 is 1.81 bits per heavy atom. The molecule has 4 N–H and O–H groups in total. The molecule has 0 aliphatic heterocycles. The minimum atomic E-state index is -0.0646. The van der Waals surface area contributed by atoms with Crippen LogP contribution in [0.1, 0.15) is 74.2 Å². The number of carbonyl (C=O) groups excluding carboxylic acids is 1. The van der Waals surface area contributed by atoms with Gasteiger partial charge in [0.05, 0.1) is 6.67 Å². The Morgan fingerprint density at radius 1 is 1.11 bits per heavy atom. The van der Waals surface area contributed by atoms with Gasteiger partial charge in [-0.05, 0) is 96.5 Å². The predicted molar refractivity (Wildman–Crippen MR) is 151 cm³/mol. The van der Waals surface area contributed by atoms with E-state index in [0.29, 0.717) is 17.7 Å². The van der Waals surface area contributed by atoms with Crippen LogP contribution in [0.2, 0.25) is 0 Å². The maximum Gasteiger partial charge on any atom is 0.247 e. The van der Waals surface area contributed by atoms with Crippen LogP contribution in [0.4, 0.5) is 0 Å². The molecule has 2 aliphatic rings. The zero-order chi connectivity index (χ0) is 25.7. The van der Waals surface area contributed by atoms with Crippen LogP contribution < -0.4 is 16.4 Å². The van der Waals surface area contributed by atoms with Crippen molar-refractivity contribution in [1.29, 1.82) is 0 Å². The first kappa shape index (κ1) is 26.1. The van der Waals surface area contributed by atoms with E-state index in [4.69, 9.17) is 5.73 Å². The molecule has 2 aromatic carbocycles. The molecule has 2 aliphatic carbocycles. The largest absolute Gasteiger partial charge is 0.340 e. The second-order valence-corrected chi connectivity index (χ2v) is 10.5. The van der Waals surface area contributed by atoms with Crippen LogP contribution in [0.3, 0.4) is 0 Å². The number of carbonyl (C=O) groups is 1. The summed E-state index contributed by atoms with van der Waals surface area (Å²) >= 11 is 0. The van der Waals surface area contributed by atoms with Crippen LogP contribution in [-0.4, -0.2) is 19.6 Å². The summed E-state index contributed by atoms with van der Waals surface area (Å²) in [4.78, 5) is 12.6. The van der Waals surface area contributed by atoms with Gasteiger partial charge in [-0.3, -0.25) is 4.79 Å². The fraction of sp³-hybridized carbons (Fsp3) is 0.406. The summed E-state index contributed by atoms with van der Waals surface area (Å²) in [5, 5.41) is 5.85. The number of benzene rings is 2. The van der Waals surface area contributed by atoms with Gasteiger partial charge in [-0.25, -0.2) is 0 Å². The molecule has 1 fully saturated rings. The van der Waals surface area contributed by atoms with Crippen molar-refractivity contribution >= 4 is 11.5 Å². The summed E-state index contributed by atoms with van der Waals surface area (Å²) in [6.07, 6.45) is 14.3. The molecule has 1 saturated carbocycles. The van der Waals surface area contributed by atoms with Gasteiger partial charge in [-0.2, -0.15) is 0 Å². The molecular formula is C32H41N3O. The van der Waals surface area contributed by atoms with E-state index in [1.165, 1.54) is 59.1 Å². The third-order valence-corrected chi connectivity index (χ3v) is 8.05. The summed E-state index contributed by atoms with van der Waals surface area (Å²) in [5.74, 6) is -0.0646. The van der Waals surface area contributed by atoms with Crippen molar-refractivity contribution < 1.29 is 4.79 Å². The summed E-state index contributed by atoms with van der Waals surface area (Å²) in [5.41, 5.74) is 16.3. The van der Waals surface area contributed by atoms with E-state index in [1.807, 2.05) is 32.2 Å². The van der Waals surface area contributed by atoms with Crippen LogP contribution in [0.25, 0.3) is 16.7 Å². The van der Waals surface area contributed by atoms with Crippen molar-refractivity contribution in [2.45, 2.75) is 64.8 Å². The van der Waals surface area contributed by atoms with E-state index >= 15 is 0 Å². The van der Waals surface area contributed by atoms with Gasteiger partial charge in [-0.1, -0.05) is 74.9 Å². The fourth-order valence-electron chi connectivity index (χ4n) is 6.02. The molecule has 0 radical (unpaired) electrons. The molecule has 36 heavy (non-hydrogen) atoms. The molecule has 0 aromatic heterocycles. The first-order valence-electron chi connectivity index (χ1n) is 13.4. The molecule has 4 rings (SSSR count). The topological polar surface area (TPSA) is 67.2 Å². The molecule has 4 heteroatoms. The minimum absolute atomic E-state index is 0.0646. The van der Waals surface area contributed by atoms with Gasteiger partial charge < -0.3 is 16.4 Å². The van der Waals surface area contributed by atoms with E-state index in [1.54, 1.807) is 0 Å². The Labute approximate surface area is 216 Å². The number of allylic oxidation sites excluding steroid dienone is 4. The minimum Gasteiger partial charge on any atom is -0.340 e. The third kappa shape index (κ3) is 5.40. The third-order valence-electron chi connectivity index (χ3n) is 8.05. The molecule has 4 nitrogen and oxygen atoms in total. The molecule has 1 atom stereocenters. The number of nitrogens with one attached hydrogen (secondary N) is 2. The van der Waals surface area contributed by atoms with Gasteiger partial charge in [0.25, 0.3) is 0 Å². The summed E-state index contributed by atoms with van der Waals surface area (Å²) in [6.45, 7) is 8.40. The second-order valence-electron chi connectivity index (χ2n) is 10.5. The second kappa shape index (κ2) is 11.4. The lowest BCUT2D eigenvalue weighted by Gasteiger charge is -2.22. The van der Waals surface area contributed by atoms with Crippen LogP contribution in [0.15, 0.2) is 66.8 Å². The van der Waals surface area contributed by atoms with Crippen molar-refractivity contribution in [3.05, 3.63) is 89.0 Å². The van der Waals surface area contributed by atoms with Crippen molar-refractivity contribution in [3.8, 4) is 11.1 Å². The molecule has 1 spiro atoms. The highest BCUT2D eigenvalue weighted by atomic mass is 16.1. The van der Waals surface area contributed by atoms with E-state index in [9.17, 15) is 4.79 Å². The van der Waals surface area contributed by atoms with Gasteiger partial charge in [-0.15, -0.1) is 0 Å². The number of fused-ring (bicyclic) bond motifs is 1. The molecule has 1 amide bonds. The van der Waals surface area contributed by atoms with Crippen LogP contribution in [0, 0.1) is 5.41 Å². The van der Waals surface area contributed by atoms with Crippen LogP contribution >= 0.6 is 0 Å². The number of hydrogen-bond acceptors (Lipinski definition) is 3. The van der Waals surface area contributed by atoms with Crippen molar-refractivity contribution in [1.82, 2.24) is 10.6 Å². The summed E-state index contributed by atoms with van der Waals surface area (Å²) in [6, 6.07) is 13.4. The zero-order valence-corrected chi connectivity index (χ0v) is 22.1. The summed E-state index contributed by atoms with van der Waals surface area (Å²) in [7, 11) is 1.82. The number of nitrogens with two attached hydrogens (primary N) is 1. The molecule has 0 heterocycles. The smallest absolute Gasteiger partial charge is 0.247 e. The molecule has 0 bridgehead atoms. The Balaban J connectivity index is 1.77. The highest BCUT2D eigenvalue weighted by molar-refractivity contribution is 5.96. The maximum absolute atomic E-state index is 12.6. The standard InChI is InChI=1S/C32H41N3O/c1-5-9-25(18-22(3)31(36)35-21-34-4)27-15-14-26(23-10-12-24(13-11-23)30(33)6-2)28-19-32(20-29(27)28)16-7-8-17-32/h5,9-15,18,30,34H,1,6-8,16-17,19-21,33H2,2-4H3,(H,35,36). The molecule has 1 unspecified atom stereocenters. The van der Waals surface area contributed by atoms with Gasteiger partial charge in [0.1, 0.15) is 0 Å². The number of amides is 1. The quantitative estimate of drug-likeness (QED) is 0.225. The average Bonchev–Trinajstić information content (AvgIpc) is 3.52. The van der Waals surface area contributed by atoms with Crippen molar-refractivity contribution in [3.63, 3.8) is 0 Å². The monoisotopic (exact) mass is 483 g/mol. The summed E-state index contributed by atoms with van der Waals surface area (Å²) < 4.78 is 0. The normalized spacial score (nSPS) is 17.8. The van der Waals surface area contributed by atoms with E-state index in [2.05, 4.69) is 60.5 Å². The SMILES string of the molecule is C=CC=C(C=C(C)C(=O)NCNC)c1ccc(-c2ccc(C(N)CC)cc2)c2c1CC1(CCCC1)C2. The first-order valence-corrected chi connectivity index (χ1v) is 13.4. The lowest BCUT2D eigenvalue weighted by Crippen LogP contribution is -2.32. The highest BCUT2D eigenvalue weighted by Gasteiger charge is 2.41. The lowest BCUT2D eigenvalue weighted by atomic mass is 9.82. The maximum atomic E-state index is 12.6. The Bertz CT molecular complexity index is 1170. The van der Waals surface area contributed by atoms with Gasteiger partial charge in [0.2, 0.25) is 5.91 Å². The molecule has 190 valence electrons. The van der Waals surface area contributed by atoms with E-state index in [-0.39, 0.29) is 11.9 Å².